The lowest BCUT2D eigenvalue weighted by Crippen LogP contribution is -2.23. The summed E-state index contributed by atoms with van der Waals surface area (Å²) in [7, 11) is 3.15. The van der Waals surface area contributed by atoms with Gasteiger partial charge in [0.2, 0.25) is 5.89 Å². The van der Waals surface area contributed by atoms with Gasteiger partial charge in [0.25, 0.3) is 5.91 Å². The zero-order valence-corrected chi connectivity index (χ0v) is 14.2. The molecule has 7 nitrogen and oxygen atoms in total. The van der Waals surface area contributed by atoms with Crippen LogP contribution in [0.2, 0.25) is 0 Å². The molecule has 3 N–H and O–H groups in total. The molecule has 2 aromatic rings. The molecule has 1 aromatic heterocycles. The van der Waals surface area contributed by atoms with Crippen LogP contribution in [0, 0.1) is 0 Å². The number of carbonyl (C=O) groups is 1. The largest absolute Gasteiger partial charge is 0.497 e. The molecule has 0 fully saturated rings. The number of rotatable bonds is 8. The Balaban J connectivity index is 2.01. The van der Waals surface area contributed by atoms with Crippen molar-refractivity contribution in [3.8, 4) is 11.5 Å². The van der Waals surface area contributed by atoms with Gasteiger partial charge in [0.15, 0.2) is 5.69 Å². The van der Waals surface area contributed by atoms with E-state index >= 15 is 0 Å². The fraction of sp³-hybridized carbons (Fsp3) is 0.412. The summed E-state index contributed by atoms with van der Waals surface area (Å²) in [5.41, 5.74) is 6.98. The molecular formula is C17H23N3O4. The van der Waals surface area contributed by atoms with Crippen molar-refractivity contribution in [3.63, 3.8) is 0 Å². The van der Waals surface area contributed by atoms with Gasteiger partial charge < -0.3 is 24.9 Å². The second-order valence-electron chi connectivity index (χ2n) is 5.33. The quantitative estimate of drug-likeness (QED) is 0.769. The van der Waals surface area contributed by atoms with Crippen LogP contribution >= 0.6 is 0 Å². The van der Waals surface area contributed by atoms with E-state index in [0.29, 0.717) is 23.9 Å². The summed E-state index contributed by atoms with van der Waals surface area (Å²) in [6, 6.07) is 5.11. The smallest absolute Gasteiger partial charge is 0.273 e. The molecule has 1 amide bonds. The lowest BCUT2D eigenvalue weighted by molar-refractivity contribution is 0.0945. The Labute approximate surface area is 141 Å². The second-order valence-corrected chi connectivity index (χ2v) is 5.33. The number of amides is 1. The van der Waals surface area contributed by atoms with Crippen LogP contribution in [0.1, 0.15) is 47.7 Å². The number of hydrogen-bond donors (Lipinski definition) is 2. The minimum absolute atomic E-state index is 0.212. The molecule has 0 saturated carbocycles. The molecule has 0 spiro atoms. The van der Waals surface area contributed by atoms with Crippen molar-refractivity contribution in [2.45, 2.75) is 32.4 Å². The highest BCUT2D eigenvalue weighted by Crippen LogP contribution is 2.24. The summed E-state index contributed by atoms with van der Waals surface area (Å²) in [4.78, 5) is 16.4. The Morgan fingerprint density at radius 2 is 2.17 bits per heavy atom. The standard InChI is InChI=1S/C17H23N3O4/c1-4-5-13(18)17-20-14(10-24-17)16(21)19-9-11-6-7-12(22-2)8-15(11)23-3/h6-8,10,13H,4-5,9,18H2,1-3H3,(H,19,21). The first-order valence-corrected chi connectivity index (χ1v) is 7.79. The van der Waals surface area contributed by atoms with Gasteiger partial charge in [0.05, 0.1) is 20.3 Å². The average Bonchev–Trinajstić information content (AvgIpc) is 3.10. The molecule has 0 aliphatic heterocycles. The third-order valence-electron chi connectivity index (χ3n) is 3.61. The highest BCUT2D eigenvalue weighted by atomic mass is 16.5. The molecule has 24 heavy (non-hydrogen) atoms. The highest BCUT2D eigenvalue weighted by molar-refractivity contribution is 5.91. The molecule has 0 aliphatic rings. The van der Waals surface area contributed by atoms with Crippen LogP contribution in [-0.4, -0.2) is 25.1 Å². The van der Waals surface area contributed by atoms with Crippen molar-refractivity contribution in [2.75, 3.05) is 14.2 Å². The Bertz CT molecular complexity index is 684. The molecule has 0 radical (unpaired) electrons. The maximum Gasteiger partial charge on any atom is 0.273 e. The molecule has 0 aliphatic carbocycles. The number of nitrogens with two attached hydrogens (primary N) is 1. The van der Waals surface area contributed by atoms with E-state index in [2.05, 4.69) is 10.3 Å². The summed E-state index contributed by atoms with van der Waals surface area (Å²) < 4.78 is 15.7. The number of oxazole rings is 1. The first kappa shape index (κ1) is 17.8. The van der Waals surface area contributed by atoms with Gasteiger partial charge in [-0.1, -0.05) is 13.3 Å². The van der Waals surface area contributed by atoms with Gasteiger partial charge in [-0.3, -0.25) is 4.79 Å². The van der Waals surface area contributed by atoms with E-state index in [1.54, 1.807) is 20.3 Å². The van der Waals surface area contributed by atoms with Crippen molar-refractivity contribution in [2.24, 2.45) is 5.73 Å². The molecule has 2 rings (SSSR count). The molecule has 0 bridgehead atoms. The van der Waals surface area contributed by atoms with Gasteiger partial charge in [-0.25, -0.2) is 4.98 Å². The van der Waals surface area contributed by atoms with Crippen LogP contribution in [0.25, 0.3) is 0 Å². The lowest BCUT2D eigenvalue weighted by atomic mass is 10.2. The van der Waals surface area contributed by atoms with E-state index in [1.807, 2.05) is 19.1 Å². The van der Waals surface area contributed by atoms with Gasteiger partial charge in [0, 0.05) is 18.2 Å². The first-order valence-electron chi connectivity index (χ1n) is 7.79. The van der Waals surface area contributed by atoms with Crippen LogP contribution in [-0.2, 0) is 6.54 Å². The third-order valence-corrected chi connectivity index (χ3v) is 3.61. The van der Waals surface area contributed by atoms with Crippen LogP contribution in [0.5, 0.6) is 11.5 Å². The minimum Gasteiger partial charge on any atom is -0.497 e. The summed E-state index contributed by atoms with van der Waals surface area (Å²) in [6.45, 7) is 2.33. The van der Waals surface area contributed by atoms with E-state index in [0.717, 1.165) is 18.4 Å². The summed E-state index contributed by atoms with van der Waals surface area (Å²) >= 11 is 0. The maximum atomic E-state index is 12.2. The summed E-state index contributed by atoms with van der Waals surface area (Å²) in [5, 5.41) is 2.79. The number of nitrogens with one attached hydrogen (secondary N) is 1. The fourth-order valence-electron chi connectivity index (χ4n) is 2.26. The van der Waals surface area contributed by atoms with Gasteiger partial charge in [-0.2, -0.15) is 0 Å². The summed E-state index contributed by atoms with van der Waals surface area (Å²) in [5.74, 6) is 1.38. The Hall–Kier alpha value is -2.54. The number of aromatic nitrogens is 1. The van der Waals surface area contributed by atoms with E-state index in [4.69, 9.17) is 19.6 Å². The van der Waals surface area contributed by atoms with Gasteiger partial charge in [-0.05, 0) is 18.6 Å². The van der Waals surface area contributed by atoms with Crippen LogP contribution in [0.4, 0.5) is 0 Å². The van der Waals surface area contributed by atoms with E-state index < -0.39 is 0 Å². The van der Waals surface area contributed by atoms with E-state index in [9.17, 15) is 4.79 Å². The SMILES string of the molecule is CCCC(N)c1nc(C(=O)NCc2ccc(OC)cc2OC)co1. The predicted octanol–water partition coefficient (Wildman–Crippen LogP) is 2.42. The van der Waals surface area contributed by atoms with Crippen LogP contribution < -0.4 is 20.5 Å². The number of nitrogens with zero attached hydrogens (tertiary/aromatic N) is 1. The molecular weight excluding hydrogens is 310 g/mol. The maximum absolute atomic E-state index is 12.2. The molecule has 1 atom stereocenters. The highest BCUT2D eigenvalue weighted by Gasteiger charge is 2.16. The molecule has 130 valence electrons. The van der Waals surface area contributed by atoms with Crippen molar-refractivity contribution >= 4 is 5.91 Å². The zero-order chi connectivity index (χ0) is 17.5. The molecule has 1 unspecified atom stereocenters. The molecule has 7 heteroatoms. The third kappa shape index (κ3) is 4.26. The van der Waals surface area contributed by atoms with Crippen LogP contribution in [0.3, 0.4) is 0 Å². The molecule has 0 saturated heterocycles. The monoisotopic (exact) mass is 333 g/mol. The number of benzene rings is 1. The van der Waals surface area contributed by atoms with Crippen LogP contribution in [0.15, 0.2) is 28.9 Å². The zero-order valence-electron chi connectivity index (χ0n) is 14.2. The second kappa shape index (κ2) is 8.35. The van der Waals surface area contributed by atoms with E-state index in [1.165, 1.54) is 6.26 Å². The van der Waals surface area contributed by atoms with Crippen molar-refractivity contribution < 1.29 is 18.7 Å². The van der Waals surface area contributed by atoms with Gasteiger partial charge in [-0.15, -0.1) is 0 Å². The predicted molar refractivity (Wildman–Crippen MR) is 89.1 cm³/mol. The minimum atomic E-state index is -0.327. The topological polar surface area (TPSA) is 99.6 Å². The van der Waals surface area contributed by atoms with Gasteiger partial charge >= 0.3 is 0 Å². The number of ether oxygens (including phenoxy) is 2. The Morgan fingerprint density at radius 3 is 2.83 bits per heavy atom. The number of hydrogen-bond acceptors (Lipinski definition) is 6. The fourth-order valence-corrected chi connectivity index (χ4v) is 2.26. The Kier molecular flexibility index (Phi) is 6.20. The van der Waals surface area contributed by atoms with Gasteiger partial charge in [0.1, 0.15) is 17.8 Å². The first-order chi connectivity index (χ1) is 11.6. The lowest BCUT2D eigenvalue weighted by Gasteiger charge is -2.10. The van der Waals surface area contributed by atoms with Crippen molar-refractivity contribution in [3.05, 3.63) is 41.6 Å². The van der Waals surface area contributed by atoms with Crippen molar-refractivity contribution in [1.29, 1.82) is 0 Å². The normalized spacial score (nSPS) is 11.8. The number of methoxy groups -OCH3 is 2. The molecule has 1 aromatic carbocycles. The number of carbonyl (C=O) groups excluding carboxylic acids is 1. The molecule has 1 heterocycles. The Morgan fingerprint density at radius 1 is 1.38 bits per heavy atom. The summed E-state index contributed by atoms with van der Waals surface area (Å²) in [6.07, 6.45) is 3.00. The van der Waals surface area contributed by atoms with Crippen molar-refractivity contribution in [1.82, 2.24) is 10.3 Å². The average molecular weight is 333 g/mol. The van der Waals surface area contributed by atoms with E-state index in [-0.39, 0.29) is 17.6 Å².